The van der Waals surface area contributed by atoms with Gasteiger partial charge in [0.1, 0.15) is 12.6 Å². The van der Waals surface area contributed by atoms with Crippen molar-refractivity contribution in [2.24, 2.45) is 7.05 Å². The van der Waals surface area contributed by atoms with Gasteiger partial charge in [0.2, 0.25) is 11.4 Å². The minimum Gasteiger partial charge on any atom is -0.438 e. The van der Waals surface area contributed by atoms with E-state index in [-0.39, 0.29) is 0 Å². The number of hydrogen-bond acceptors (Lipinski definition) is 2. The van der Waals surface area contributed by atoms with Crippen LogP contribution in [-0.4, -0.2) is 4.98 Å². The van der Waals surface area contributed by atoms with Gasteiger partial charge in [0.05, 0.1) is 16.6 Å². The van der Waals surface area contributed by atoms with Crippen LogP contribution in [0.2, 0.25) is 0 Å². The Balaban J connectivity index is 2.22. The minimum absolute atomic E-state index is 0.609. The summed E-state index contributed by atoms with van der Waals surface area (Å²) in [5, 5.41) is 1.96. The normalized spacial score (nSPS) is 12.8. The fourth-order valence-corrected chi connectivity index (χ4v) is 3.69. The number of aromatic nitrogens is 2. The summed E-state index contributed by atoms with van der Waals surface area (Å²) in [7, 11) is 2.04. The van der Waals surface area contributed by atoms with Gasteiger partial charge in [-0.3, -0.25) is 0 Å². The zero-order valence-corrected chi connectivity index (χ0v) is 15.3. The number of furan rings is 1. The van der Waals surface area contributed by atoms with Crippen molar-refractivity contribution >= 4 is 22.1 Å². The average Bonchev–Trinajstić information content (AvgIpc) is 2.91. The van der Waals surface area contributed by atoms with Gasteiger partial charge in [-0.05, 0) is 37.4 Å². The summed E-state index contributed by atoms with van der Waals surface area (Å²) in [4.78, 5) is 4.76. The maximum absolute atomic E-state index is 8.89. The van der Waals surface area contributed by atoms with Crippen molar-refractivity contribution in [1.82, 2.24) is 4.98 Å². The molecule has 0 atom stereocenters. The SMILES string of the molecule is [2H]C(C)(C)c1c(-c2ccc(C)c[n+]2C)c(C)nc2oc3ccccc3c12. The predicted molar refractivity (Wildman–Crippen MR) is 102 cm³/mol. The van der Waals surface area contributed by atoms with Gasteiger partial charge in [-0.15, -0.1) is 0 Å². The maximum Gasteiger partial charge on any atom is 0.227 e. The molecule has 0 amide bonds. The fraction of sp³-hybridized carbons (Fsp3) is 0.273. The van der Waals surface area contributed by atoms with Gasteiger partial charge in [-0.2, -0.15) is 0 Å². The van der Waals surface area contributed by atoms with E-state index in [1.165, 1.54) is 5.56 Å². The monoisotopic (exact) mass is 332 g/mol. The third-order valence-electron chi connectivity index (χ3n) is 4.75. The summed E-state index contributed by atoms with van der Waals surface area (Å²) in [5.74, 6) is -0.800. The second-order valence-corrected chi connectivity index (χ2v) is 6.93. The summed E-state index contributed by atoms with van der Waals surface area (Å²) in [6, 6.07) is 12.2. The van der Waals surface area contributed by atoms with E-state index in [1.54, 1.807) is 0 Å². The highest BCUT2D eigenvalue weighted by atomic mass is 16.3. The van der Waals surface area contributed by atoms with Gasteiger partial charge in [-0.25, -0.2) is 9.55 Å². The average molecular weight is 332 g/mol. The first kappa shape index (κ1) is 14.6. The molecule has 0 aliphatic carbocycles. The minimum atomic E-state index is -0.800. The van der Waals surface area contributed by atoms with Crippen molar-refractivity contribution in [3.05, 3.63) is 59.4 Å². The highest BCUT2D eigenvalue weighted by Crippen LogP contribution is 2.40. The number of aryl methyl sites for hydroxylation is 3. The first-order valence-corrected chi connectivity index (χ1v) is 8.56. The summed E-state index contributed by atoms with van der Waals surface area (Å²) < 4.78 is 17.0. The topological polar surface area (TPSA) is 29.9 Å². The van der Waals surface area contributed by atoms with Crippen molar-refractivity contribution < 1.29 is 10.4 Å². The second-order valence-electron chi connectivity index (χ2n) is 6.93. The molecule has 4 aromatic rings. The Labute approximate surface area is 149 Å². The van der Waals surface area contributed by atoms with Crippen LogP contribution >= 0.6 is 0 Å². The van der Waals surface area contributed by atoms with Crippen LogP contribution in [-0.2, 0) is 7.05 Å². The number of rotatable bonds is 2. The van der Waals surface area contributed by atoms with Crippen molar-refractivity contribution in [1.29, 1.82) is 0 Å². The van der Waals surface area contributed by atoms with E-state index < -0.39 is 5.89 Å². The van der Waals surface area contributed by atoms with E-state index in [1.807, 2.05) is 52.1 Å². The van der Waals surface area contributed by atoms with Crippen LogP contribution < -0.4 is 4.57 Å². The molecule has 0 aliphatic rings. The summed E-state index contributed by atoms with van der Waals surface area (Å²) in [5.41, 5.74) is 6.54. The van der Waals surface area contributed by atoms with Crippen LogP contribution in [0, 0.1) is 13.8 Å². The van der Waals surface area contributed by atoms with E-state index in [0.717, 1.165) is 38.9 Å². The second kappa shape index (κ2) is 5.69. The van der Waals surface area contributed by atoms with Crippen LogP contribution in [0.4, 0.5) is 0 Å². The third-order valence-corrected chi connectivity index (χ3v) is 4.75. The molecule has 0 fully saturated rings. The fourth-order valence-electron chi connectivity index (χ4n) is 3.69. The Kier molecular flexibility index (Phi) is 3.34. The Morgan fingerprint density at radius 2 is 1.88 bits per heavy atom. The number of fused-ring (bicyclic) bond motifs is 3. The van der Waals surface area contributed by atoms with Gasteiger partial charge < -0.3 is 4.42 Å². The van der Waals surface area contributed by atoms with E-state index in [0.29, 0.717) is 5.71 Å². The largest absolute Gasteiger partial charge is 0.438 e. The van der Waals surface area contributed by atoms with Crippen molar-refractivity contribution in [2.75, 3.05) is 0 Å². The molecule has 4 rings (SSSR count). The van der Waals surface area contributed by atoms with Gasteiger partial charge in [0.25, 0.3) is 0 Å². The Morgan fingerprint density at radius 3 is 2.60 bits per heavy atom. The first-order chi connectivity index (χ1) is 12.3. The van der Waals surface area contributed by atoms with Gasteiger partial charge >= 0.3 is 0 Å². The zero-order chi connectivity index (χ0) is 18.6. The highest BCUT2D eigenvalue weighted by Gasteiger charge is 2.25. The molecule has 25 heavy (non-hydrogen) atoms. The Morgan fingerprint density at radius 1 is 1.12 bits per heavy atom. The summed E-state index contributed by atoms with van der Waals surface area (Å²) >= 11 is 0. The van der Waals surface area contributed by atoms with Crippen LogP contribution in [0.1, 0.15) is 37.9 Å². The molecular weight excluding hydrogens is 308 g/mol. The summed E-state index contributed by atoms with van der Waals surface area (Å²) in [6.07, 6.45) is 2.10. The Hall–Kier alpha value is -2.68. The molecule has 0 saturated carbocycles. The quantitative estimate of drug-likeness (QED) is 0.471. The van der Waals surface area contributed by atoms with Gasteiger partial charge in [0.15, 0.2) is 6.20 Å². The molecule has 3 heterocycles. The van der Waals surface area contributed by atoms with Crippen LogP contribution in [0.5, 0.6) is 0 Å². The lowest BCUT2D eigenvalue weighted by atomic mass is 9.90. The molecule has 0 unspecified atom stereocenters. The molecule has 0 saturated heterocycles. The van der Waals surface area contributed by atoms with Crippen LogP contribution in [0.3, 0.4) is 0 Å². The van der Waals surface area contributed by atoms with E-state index >= 15 is 0 Å². The Bertz CT molecular complexity index is 1150. The molecule has 0 bridgehead atoms. The molecule has 3 aromatic heterocycles. The zero-order valence-electron chi connectivity index (χ0n) is 16.3. The van der Waals surface area contributed by atoms with Crippen LogP contribution in [0.15, 0.2) is 47.0 Å². The maximum atomic E-state index is 8.89. The van der Waals surface area contributed by atoms with Crippen molar-refractivity contribution in [3.8, 4) is 11.3 Å². The molecular formula is C22H23N2O+. The lowest BCUT2D eigenvalue weighted by Crippen LogP contribution is -2.31. The lowest BCUT2D eigenvalue weighted by Gasteiger charge is -2.15. The molecule has 0 spiro atoms. The molecule has 1 aromatic carbocycles. The number of nitrogens with zero attached hydrogens (tertiary/aromatic N) is 2. The summed E-state index contributed by atoms with van der Waals surface area (Å²) in [6.45, 7) is 7.94. The molecule has 3 heteroatoms. The lowest BCUT2D eigenvalue weighted by molar-refractivity contribution is -0.660. The number of para-hydroxylation sites is 1. The molecule has 126 valence electrons. The highest BCUT2D eigenvalue weighted by molar-refractivity contribution is 6.07. The molecule has 0 radical (unpaired) electrons. The molecule has 3 nitrogen and oxygen atoms in total. The third kappa shape index (κ3) is 2.42. The van der Waals surface area contributed by atoms with Crippen molar-refractivity contribution in [2.45, 2.75) is 33.6 Å². The predicted octanol–water partition coefficient (Wildman–Crippen LogP) is 5.21. The van der Waals surface area contributed by atoms with Crippen molar-refractivity contribution in [3.63, 3.8) is 0 Å². The van der Waals surface area contributed by atoms with E-state index in [9.17, 15) is 0 Å². The molecule has 0 N–H and O–H groups in total. The number of hydrogen-bond donors (Lipinski definition) is 0. The van der Waals surface area contributed by atoms with E-state index in [4.69, 9.17) is 10.8 Å². The smallest absolute Gasteiger partial charge is 0.227 e. The standard InChI is InChI=1S/C22H23N2O/c1-13(2)19-20(17-11-10-14(3)12-24(17)5)15(4)23-22-21(19)16-8-6-7-9-18(16)25-22/h6-13H,1-5H3/q+1/i13D. The van der Waals surface area contributed by atoms with E-state index in [2.05, 4.69) is 29.8 Å². The van der Waals surface area contributed by atoms with Gasteiger partial charge in [0, 0.05) is 18.4 Å². The van der Waals surface area contributed by atoms with Crippen LogP contribution in [0.25, 0.3) is 33.3 Å². The van der Waals surface area contributed by atoms with Gasteiger partial charge in [-0.1, -0.05) is 32.0 Å². The molecule has 0 aliphatic heterocycles. The number of benzene rings is 1. The first-order valence-electron chi connectivity index (χ1n) is 9.06. The number of pyridine rings is 2.